The molecule has 40 heavy (non-hydrogen) atoms. The van der Waals surface area contributed by atoms with E-state index in [1.807, 2.05) is 42.5 Å². The predicted octanol–water partition coefficient (Wildman–Crippen LogP) is 4.41. The van der Waals surface area contributed by atoms with E-state index in [0.29, 0.717) is 41.0 Å². The Morgan fingerprint density at radius 3 is 2.25 bits per heavy atom. The summed E-state index contributed by atoms with van der Waals surface area (Å²) in [6, 6.07) is 20.6. The molecule has 1 saturated heterocycles. The summed E-state index contributed by atoms with van der Waals surface area (Å²) in [4.78, 5) is 42.0. The van der Waals surface area contributed by atoms with Crippen molar-refractivity contribution in [2.75, 3.05) is 26.1 Å². The van der Waals surface area contributed by atoms with Crippen molar-refractivity contribution in [3.63, 3.8) is 0 Å². The standard InChI is InChI=1S/C30H31N3O6S/c1-4-39-29(36)22-11-13-23(14-12-22)31-27(34)17-24-28(35)33(18-20-8-6-5-7-9-20)30(40)32(24)19-21-10-15-25(37-2)26(16-21)38-3/h5-16,24H,4,17-19H2,1-3H3,(H,31,34). The van der Waals surface area contributed by atoms with Crippen LogP contribution < -0.4 is 14.8 Å². The zero-order valence-electron chi connectivity index (χ0n) is 22.6. The molecule has 0 bridgehead atoms. The third-order valence-electron chi connectivity index (χ3n) is 6.45. The summed E-state index contributed by atoms with van der Waals surface area (Å²) in [7, 11) is 3.12. The number of nitrogens with one attached hydrogen (secondary N) is 1. The lowest BCUT2D eigenvalue weighted by Crippen LogP contribution is -2.37. The molecule has 2 amide bonds. The van der Waals surface area contributed by atoms with Gasteiger partial charge in [0.2, 0.25) is 5.91 Å². The van der Waals surface area contributed by atoms with Crippen LogP contribution in [0.2, 0.25) is 0 Å². The van der Waals surface area contributed by atoms with Gasteiger partial charge in [0, 0.05) is 12.2 Å². The predicted molar refractivity (Wildman–Crippen MR) is 154 cm³/mol. The molecule has 1 atom stereocenters. The van der Waals surface area contributed by atoms with Gasteiger partial charge in [-0.25, -0.2) is 4.79 Å². The Kier molecular flexibility index (Phi) is 9.34. The zero-order valence-corrected chi connectivity index (χ0v) is 23.4. The van der Waals surface area contributed by atoms with Crippen LogP contribution in [-0.2, 0) is 27.4 Å². The number of methoxy groups -OCH3 is 2. The number of thiocarbonyl (C=S) groups is 1. The van der Waals surface area contributed by atoms with E-state index >= 15 is 0 Å². The summed E-state index contributed by atoms with van der Waals surface area (Å²) >= 11 is 5.77. The molecular formula is C30H31N3O6S. The minimum Gasteiger partial charge on any atom is -0.493 e. The number of amides is 2. The van der Waals surface area contributed by atoms with Gasteiger partial charge in [0.15, 0.2) is 16.6 Å². The molecule has 1 heterocycles. The Morgan fingerprint density at radius 1 is 0.900 bits per heavy atom. The Morgan fingerprint density at radius 2 is 1.60 bits per heavy atom. The van der Waals surface area contributed by atoms with Gasteiger partial charge in [-0.15, -0.1) is 0 Å². The van der Waals surface area contributed by atoms with Crippen LogP contribution in [0.4, 0.5) is 5.69 Å². The second kappa shape index (κ2) is 13.1. The quantitative estimate of drug-likeness (QED) is 0.272. The van der Waals surface area contributed by atoms with Gasteiger partial charge in [-0.1, -0.05) is 36.4 Å². The summed E-state index contributed by atoms with van der Waals surface area (Å²) in [6.07, 6.45) is -0.114. The van der Waals surface area contributed by atoms with Crippen molar-refractivity contribution in [2.24, 2.45) is 0 Å². The second-order valence-corrected chi connectivity index (χ2v) is 9.44. The van der Waals surface area contributed by atoms with E-state index < -0.39 is 12.0 Å². The van der Waals surface area contributed by atoms with Crippen molar-refractivity contribution >= 4 is 40.8 Å². The molecule has 0 saturated carbocycles. The molecule has 208 valence electrons. The van der Waals surface area contributed by atoms with Crippen LogP contribution in [0, 0.1) is 0 Å². The average molecular weight is 562 g/mol. The van der Waals surface area contributed by atoms with Gasteiger partial charge in [-0.3, -0.25) is 14.5 Å². The number of ether oxygens (including phenoxy) is 3. The number of benzene rings is 3. The first-order valence-electron chi connectivity index (χ1n) is 12.8. The molecule has 3 aromatic carbocycles. The Labute approximate surface area is 238 Å². The molecular weight excluding hydrogens is 530 g/mol. The first-order valence-corrected chi connectivity index (χ1v) is 13.2. The summed E-state index contributed by atoms with van der Waals surface area (Å²) in [5.74, 6) is 0.0980. The van der Waals surface area contributed by atoms with Gasteiger partial charge in [-0.2, -0.15) is 0 Å². The Hall–Kier alpha value is -4.44. The third-order valence-corrected chi connectivity index (χ3v) is 6.90. The molecule has 1 N–H and O–H groups in total. The fourth-order valence-electron chi connectivity index (χ4n) is 4.45. The van der Waals surface area contributed by atoms with Crippen molar-refractivity contribution in [3.05, 3.63) is 89.5 Å². The van der Waals surface area contributed by atoms with Crippen LogP contribution >= 0.6 is 12.2 Å². The second-order valence-electron chi connectivity index (χ2n) is 9.08. The molecule has 1 fully saturated rings. The first kappa shape index (κ1) is 28.6. The van der Waals surface area contributed by atoms with Crippen molar-refractivity contribution in [1.29, 1.82) is 0 Å². The molecule has 1 aliphatic heterocycles. The SMILES string of the molecule is CCOC(=O)c1ccc(NC(=O)CC2C(=O)N(Cc3ccccc3)C(=S)N2Cc2ccc(OC)c(OC)c2)cc1. The smallest absolute Gasteiger partial charge is 0.338 e. The molecule has 1 unspecified atom stereocenters. The third kappa shape index (κ3) is 6.58. The van der Waals surface area contributed by atoms with Gasteiger partial charge in [-0.05, 0) is 66.7 Å². The molecule has 1 aliphatic rings. The van der Waals surface area contributed by atoms with Crippen molar-refractivity contribution in [2.45, 2.75) is 32.5 Å². The lowest BCUT2D eigenvalue weighted by Gasteiger charge is -2.24. The molecule has 3 aromatic rings. The minimum absolute atomic E-state index is 0.114. The van der Waals surface area contributed by atoms with Gasteiger partial charge < -0.3 is 24.4 Å². The van der Waals surface area contributed by atoms with E-state index in [0.717, 1.165) is 11.1 Å². The highest BCUT2D eigenvalue weighted by molar-refractivity contribution is 7.80. The van der Waals surface area contributed by atoms with Crippen LogP contribution in [0.1, 0.15) is 34.8 Å². The van der Waals surface area contributed by atoms with Crippen molar-refractivity contribution in [3.8, 4) is 11.5 Å². The summed E-state index contributed by atoms with van der Waals surface area (Å²) < 4.78 is 15.8. The molecule has 0 spiro atoms. The maximum Gasteiger partial charge on any atom is 0.338 e. The summed E-state index contributed by atoms with van der Waals surface area (Å²) in [5.41, 5.74) is 2.65. The molecule has 10 heteroatoms. The fraction of sp³-hybridized carbons (Fsp3) is 0.267. The van der Waals surface area contributed by atoms with Crippen LogP contribution in [0.25, 0.3) is 0 Å². The van der Waals surface area contributed by atoms with Crippen molar-refractivity contribution in [1.82, 2.24) is 9.80 Å². The maximum atomic E-state index is 13.6. The fourth-order valence-corrected chi connectivity index (χ4v) is 4.80. The lowest BCUT2D eigenvalue weighted by molar-refractivity contribution is -0.131. The highest BCUT2D eigenvalue weighted by Crippen LogP contribution is 2.31. The molecule has 0 aliphatic carbocycles. The number of anilines is 1. The van der Waals surface area contributed by atoms with E-state index in [4.69, 9.17) is 26.4 Å². The first-order chi connectivity index (χ1) is 19.3. The topological polar surface area (TPSA) is 97.4 Å². The monoisotopic (exact) mass is 561 g/mol. The van der Waals surface area contributed by atoms with E-state index in [9.17, 15) is 14.4 Å². The number of nitrogens with zero attached hydrogens (tertiary/aromatic N) is 2. The van der Waals surface area contributed by atoms with Crippen molar-refractivity contribution < 1.29 is 28.6 Å². The average Bonchev–Trinajstić information content (AvgIpc) is 3.17. The summed E-state index contributed by atoms with van der Waals surface area (Å²) in [6.45, 7) is 2.60. The minimum atomic E-state index is -0.803. The number of carbonyl (C=O) groups excluding carboxylic acids is 3. The van der Waals surface area contributed by atoms with Gasteiger partial charge >= 0.3 is 5.97 Å². The van der Waals surface area contributed by atoms with Crippen LogP contribution in [0.15, 0.2) is 72.8 Å². The zero-order chi connectivity index (χ0) is 28.6. The van der Waals surface area contributed by atoms with E-state index in [-0.39, 0.29) is 24.8 Å². The highest BCUT2D eigenvalue weighted by atomic mass is 32.1. The van der Waals surface area contributed by atoms with Crippen LogP contribution in [0.3, 0.4) is 0 Å². The number of rotatable bonds is 11. The maximum absolute atomic E-state index is 13.6. The Balaban J connectivity index is 1.54. The van der Waals surface area contributed by atoms with E-state index in [2.05, 4.69) is 5.32 Å². The molecule has 0 radical (unpaired) electrons. The molecule has 0 aromatic heterocycles. The van der Waals surface area contributed by atoms with Gasteiger partial charge in [0.05, 0.1) is 39.4 Å². The molecule has 4 rings (SSSR count). The van der Waals surface area contributed by atoms with E-state index in [1.165, 1.54) is 4.90 Å². The van der Waals surface area contributed by atoms with E-state index in [1.54, 1.807) is 56.4 Å². The van der Waals surface area contributed by atoms with Crippen LogP contribution in [0.5, 0.6) is 11.5 Å². The van der Waals surface area contributed by atoms with Gasteiger partial charge in [0.1, 0.15) is 6.04 Å². The number of carbonyl (C=O) groups is 3. The number of hydrogen-bond donors (Lipinski definition) is 1. The normalized spacial score (nSPS) is 14.7. The molecule has 9 nitrogen and oxygen atoms in total. The number of hydrogen-bond acceptors (Lipinski definition) is 7. The van der Waals surface area contributed by atoms with Crippen LogP contribution in [-0.4, -0.2) is 59.6 Å². The lowest BCUT2D eigenvalue weighted by atomic mass is 10.1. The van der Waals surface area contributed by atoms with Gasteiger partial charge in [0.25, 0.3) is 5.91 Å². The Bertz CT molecular complexity index is 1380. The number of esters is 1. The highest BCUT2D eigenvalue weighted by Gasteiger charge is 2.43. The summed E-state index contributed by atoms with van der Waals surface area (Å²) in [5, 5.41) is 3.16. The largest absolute Gasteiger partial charge is 0.493 e.